The first kappa shape index (κ1) is 14.3. The fourth-order valence-electron chi connectivity index (χ4n) is 3.16. The minimum absolute atomic E-state index is 0.0427. The van der Waals surface area contributed by atoms with Crippen molar-refractivity contribution in [2.75, 3.05) is 0 Å². The van der Waals surface area contributed by atoms with Crippen LogP contribution in [-0.2, 0) is 0 Å². The quantitative estimate of drug-likeness (QED) is 0.736. The number of halogens is 1. The fourth-order valence-corrected chi connectivity index (χ4v) is 4.26. The molecule has 0 bridgehead atoms. The van der Waals surface area contributed by atoms with Crippen molar-refractivity contribution >= 4 is 33.0 Å². The molecule has 1 aromatic carbocycles. The van der Waals surface area contributed by atoms with Crippen molar-refractivity contribution < 1.29 is 4.74 Å². The smallest absolute Gasteiger partial charge is 0.187 e. The monoisotopic (exact) mass is 376 g/mol. The summed E-state index contributed by atoms with van der Waals surface area (Å²) in [5, 5.41) is 9.19. The summed E-state index contributed by atoms with van der Waals surface area (Å²) in [5.74, 6) is 1.01. The average Bonchev–Trinajstić information content (AvgIpc) is 3.17. The van der Waals surface area contributed by atoms with Gasteiger partial charge in [-0.3, -0.25) is 5.01 Å². The van der Waals surface area contributed by atoms with Gasteiger partial charge < -0.3 is 4.74 Å². The Hall–Kier alpha value is -1.33. The molecule has 1 aromatic heterocycles. The van der Waals surface area contributed by atoms with Gasteiger partial charge in [0.1, 0.15) is 5.75 Å². The third-order valence-corrected chi connectivity index (χ3v) is 5.58. The third-order valence-electron chi connectivity index (χ3n) is 4.17. The zero-order valence-corrected chi connectivity index (χ0v) is 14.7. The third kappa shape index (κ3) is 2.36. The molecule has 22 heavy (non-hydrogen) atoms. The number of thiophene rings is 1. The molecule has 0 N–H and O–H groups in total. The Bertz CT molecular complexity index is 713. The van der Waals surface area contributed by atoms with Crippen LogP contribution in [0.25, 0.3) is 0 Å². The van der Waals surface area contributed by atoms with E-state index in [-0.39, 0.29) is 12.3 Å². The zero-order chi connectivity index (χ0) is 15.1. The second-order valence-electron chi connectivity index (χ2n) is 5.67. The zero-order valence-electron chi connectivity index (χ0n) is 12.3. The summed E-state index contributed by atoms with van der Waals surface area (Å²) in [4.78, 5) is 1.26. The first-order valence-corrected chi connectivity index (χ1v) is 9.29. The van der Waals surface area contributed by atoms with E-state index in [1.165, 1.54) is 16.2 Å². The SMILES string of the molecule is CCC[C@H]1Oc2ccc(Br)cc2[C@@H]2CC(c3cccs3)=NN12. The molecule has 2 aliphatic heterocycles. The molecule has 3 nitrogen and oxygen atoms in total. The molecule has 0 unspecified atom stereocenters. The summed E-state index contributed by atoms with van der Waals surface area (Å²) in [7, 11) is 0. The van der Waals surface area contributed by atoms with Gasteiger partial charge in [-0.1, -0.05) is 35.3 Å². The van der Waals surface area contributed by atoms with Gasteiger partial charge >= 0.3 is 0 Å². The molecule has 0 saturated heterocycles. The normalized spacial score (nSPS) is 22.8. The van der Waals surface area contributed by atoms with Crippen LogP contribution in [0.1, 0.15) is 42.7 Å². The molecule has 3 heterocycles. The number of hydrazone groups is 1. The van der Waals surface area contributed by atoms with Crippen LogP contribution in [-0.4, -0.2) is 16.9 Å². The standard InChI is InChI=1S/C17H17BrN2OS/c1-2-4-17-20-14(10-13(19-20)16-5-3-8-22-16)12-9-11(18)6-7-15(12)21-17/h3,5-9,14,17H,2,4,10H2,1H3/t14-,17+/m0/s1. The maximum Gasteiger partial charge on any atom is 0.187 e. The summed E-state index contributed by atoms with van der Waals surface area (Å²) in [6.45, 7) is 2.19. The van der Waals surface area contributed by atoms with Crippen molar-refractivity contribution in [2.24, 2.45) is 5.10 Å². The lowest BCUT2D eigenvalue weighted by molar-refractivity contribution is -0.0223. The van der Waals surface area contributed by atoms with Gasteiger partial charge in [-0.2, -0.15) is 5.10 Å². The largest absolute Gasteiger partial charge is 0.469 e. The van der Waals surface area contributed by atoms with Crippen molar-refractivity contribution in [3.8, 4) is 5.75 Å². The summed E-state index contributed by atoms with van der Waals surface area (Å²) < 4.78 is 7.30. The average molecular weight is 377 g/mol. The Kier molecular flexibility index (Phi) is 3.70. The van der Waals surface area contributed by atoms with Gasteiger partial charge in [0, 0.05) is 22.9 Å². The Morgan fingerprint density at radius 2 is 2.32 bits per heavy atom. The highest BCUT2D eigenvalue weighted by molar-refractivity contribution is 9.10. The topological polar surface area (TPSA) is 24.8 Å². The highest BCUT2D eigenvalue weighted by Crippen LogP contribution is 2.44. The maximum atomic E-state index is 6.21. The molecule has 0 saturated carbocycles. The lowest BCUT2D eigenvalue weighted by Crippen LogP contribution is -2.40. The Morgan fingerprint density at radius 3 is 3.09 bits per heavy atom. The van der Waals surface area contributed by atoms with Gasteiger partial charge in [0.2, 0.25) is 0 Å². The van der Waals surface area contributed by atoms with Crippen LogP contribution in [0.4, 0.5) is 0 Å². The van der Waals surface area contributed by atoms with E-state index in [1.807, 2.05) is 6.07 Å². The molecular weight excluding hydrogens is 360 g/mol. The van der Waals surface area contributed by atoms with E-state index in [1.54, 1.807) is 11.3 Å². The van der Waals surface area contributed by atoms with E-state index < -0.39 is 0 Å². The molecule has 0 radical (unpaired) electrons. The predicted octanol–water partition coefficient (Wildman–Crippen LogP) is 5.18. The van der Waals surface area contributed by atoms with E-state index in [2.05, 4.69) is 57.5 Å². The summed E-state index contributed by atoms with van der Waals surface area (Å²) in [6.07, 6.45) is 3.07. The van der Waals surface area contributed by atoms with E-state index in [9.17, 15) is 0 Å². The molecule has 5 heteroatoms. The second kappa shape index (κ2) is 5.70. The minimum Gasteiger partial charge on any atom is -0.469 e. The number of rotatable bonds is 3. The van der Waals surface area contributed by atoms with Crippen molar-refractivity contribution in [3.63, 3.8) is 0 Å². The van der Waals surface area contributed by atoms with Crippen molar-refractivity contribution in [1.82, 2.24) is 5.01 Å². The number of nitrogens with zero attached hydrogens (tertiary/aromatic N) is 2. The van der Waals surface area contributed by atoms with Gasteiger partial charge in [0.25, 0.3) is 0 Å². The summed E-state index contributed by atoms with van der Waals surface area (Å²) in [6, 6.07) is 10.8. The minimum atomic E-state index is 0.0427. The number of hydrogen-bond acceptors (Lipinski definition) is 4. The van der Waals surface area contributed by atoms with Gasteiger partial charge in [-0.05, 0) is 29.6 Å². The van der Waals surface area contributed by atoms with Crippen LogP contribution in [0.2, 0.25) is 0 Å². The maximum absolute atomic E-state index is 6.21. The van der Waals surface area contributed by atoms with Crippen LogP contribution in [0.3, 0.4) is 0 Å². The predicted molar refractivity (Wildman–Crippen MR) is 93.5 cm³/mol. The first-order chi connectivity index (χ1) is 10.8. The fraction of sp³-hybridized carbons (Fsp3) is 0.353. The number of ether oxygens (including phenoxy) is 1. The van der Waals surface area contributed by atoms with Gasteiger partial charge in [-0.25, -0.2) is 0 Å². The van der Waals surface area contributed by atoms with E-state index in [0.717, 1.165) is 29.5 Å². The molecule has 4 rings (SSSR count). The van der Waals surface area contributed by atoms with Gasteiger partial charge in [0.05, 0.1) is 16.6 Å². The Morgan fingerprint density at radius 1 is 1.41 bits per heavy atom. The first-order valence-electron chi connectivity index (χ1n) is 7.62. The summed E-state index contributed by atoms with van der Waals surface area (Å²) in [5.41, 5.74) is 2.41. The molecule has 2 aliphatic rings. The molecule has 0 spiro atoms. The van der Waals surface area contributed by atoms with Crippen LogP contribution >= 0.6 is 27.3 Å². The molecule has 0 fully saturated rings. The molecule has 2 aromatic rings. The van der Waals surface area contributed by atoms with Crippen molar-refractivity contribution in [2.45, 2.75) is 38.5 Å². The van der Waals surface area contributed by atoms with Gasteiger partial charge in [-0.15, -0.1) is 11.3 Å². The van der Waals surface area contributed by atoms with Gasteiger partial charge in [0.15, 0.2) is 6.23 Å². The van der Waals surface area contributed by atoms with E-state index in [4.69, 9.17) is 9.84 Å². The number of benzene rings is 1. The number of fused-ring (bicyclic) bond motifs is 3. The van der Waals surface area contributed by atoms with Crippen LogP contribution < -0.4 is 4.74 Å². The van der Waals surface area contributed by atoms with E-state index in [0.29, 0.717) is 0 Å². The van der Waals surface area contributed by atoms with E-state index >= 15 is 0 Å². The Balaban J connectivity index is 1.74. The summed E-state index contributed by atoms with van der Waals surface area (Å²) >= 11 is 5.33. The van der Waals surface area contributed by atoms with Crippen LogP contribution in [0.15, 0.2) is 45.3 Å². The lowest BCUT2D eigenvalue weighted by atomic mass is 9.98. The molecule has 0 amide bonds. The molecule has 2 atom stereocenters. The molecular formula is C17H17BrN2OS. The highest BCUT2D eigenvalue weighted by Gasteiger charge is 2.39. The molecule has 114 valence electrons. The van der Waals surface area contributed by atoms with Crippen LogP contribution in [0.5, 0.6) is 5.75 Å². The molecule has 0 aliphatic carbocycles. The lowest BCUT2D eigenvalue weighted by Gasteiger charge is -2.38. The van der Waals surface area contributed by atoms with Crippen molar-refractivity contribution in [3.05, 3.63) is 50.6 Å². The highest BCUT2D eigenvalue weighted by atomic mass is 79.9. The Labute approximate surface area is 142 Å². The number of hydrogen-bond donors (Lipinski definition) is 0. The van der Waals surface area contributed by atoms with Crippen LogP contribution in [0, 0.1) is 0 Å². The van der Waals surface area contributed by atoms with Crippen molar-refractivity contribution in [1.29, 1.82) is 0 Å². The second-order valence-corrected chi connectivity index (χ2v) is 7.53.